The Hall–Kier alpha value is -3.35. The Morgan fingerprint density at radius 2 is 2.00 bits per heavy atom. The number of benzene rings is 2. The molecular formula is C22H25N5O2. The molecule has 0 radical (unpaired) electrons. The number of nitrogens with zero attached hydrogens (tertiary/aromatic N) is 2. The predicted molar refractivity (Wildman–Crippen MR) is 114 cm³/mol. The molecule has 1 aliphatic rings. The molecule has 3 aromatic rings. The highest BCUT2D eigenvalue weighted by Gasteiger charge is 2.27. The Bertz CT molecular complexity index is 1030. The molecule has 4 rings (SSSR count). The van der Waals surface area contributed by atoms with Crippen molar-refractivity contribution in [2.75, 3.05) is 23.7 Å². The maximum atomic E-state index is 12.9. The second kappa shape index (κ2) is 7.95. The third-order valence-corrected chi connectivity index (χ3v) is 5.30. The molecule has 0 saturated carbocycles. The number of carbonyl (C=O) groups is 2. The number of aryl methyl sites for hydroxylation is 1. The first kappa shape index (κ1) is 19.0. The van der Waals surface area contributed by atoms with Crippen molar-refractivity contribution in [1.82, 2.24) is 14.9 Å². The number of hydrogen-bond donors (Lipinski definition) is 3. The fraction of sp³-hybridized carbons (Fsp3) is 0.318. The van der Waals surface area contributed by atoms with Crippen molar-refractivity contribution in [1.29, 1.82) is 0 Å². The summed E-state index contributed by atoms with van der Waals surface area (Å²) in [5.74, 6) is 0.983. The maximum absolute atomic E-state index is 12.9. The highest BCUT2D eigenvalue weighted by Crippen LogP contribution is 2.28. The van der Waals surface area contributed by atoms with Crippen LogP contribution in [0.2, 0.25) is 0 Å². The number of nitrogens with one attached hydrogen (secondary N) is 3. The summed E-state index contributed by atoms with van der Waals surface area (Å²) in [6.45, 7) is 4.73. The number of likely N-dealkylation sites (tertiary alicyclic amines) is 1. The van der Waals surface area contributed by atoms with Crippen LogP contribution in [0.3, 0.4) is 0 Å². The molecule has 2 aromatic carbocycles. The van der Waals surface area contributed by atoms with Gasteiger partial charge in [0.05, 0.1) is 11.0 Å². The number of amides is 3. The lowest BCUT2D eigenvalue weighted by atomic mass is 9.97. The lowest BCUT2D eigenvalue weighted by molar-refractivity contribution is -0.114. The number of urea groups is 1. The first-order chi connectivity index (χ1) is 14.0. The zero-order valence-electron chi connectivity index (χ0n) is 16.7. The molecule has 0 aliphatic carbocycles. The van der Waals surface area contributed by atoms with Crippen molar-refractivity contribution in [3.63, 3.8) is 0 Å². The van der Waals surface area contributed by atoms with Gasteiger partial charge >= 0.3 is 6.03 Å². The summed E-state index contributed by atoms with van der Waals surface area (Å²) >= 11 is 0. The number of carbonyl (C=O) groups excluding carboxylic acids is 2. The monoisotopic (exact) mass is 391 g/mol. The molecule has 0 bridgehead atoms. The third-order valence-electron chi connectivity index (χ3n) is 5.30. The molecule has 1 fully saturated rings. The van der Waals surface area contributed by atoms with Gasteiger partial charge in [-0.05, 0) is 49.6 Å². The Kier molecular flexibility index (Phi) is 5.20. The van der Waals surface area contributed by atoms with E-state index in [0.717, 1.165) is 35.3 Å². The number of piperidine rings is 1. The summed E-state index contributed by atoms with van der Waals surface area (Å²) < 4.78 is 0. The maximum Gasteiger partial charge on any atom is 0.321 e. The van der Waals surface area contributed by atoms with E-state index in [9.17, 15) is 9.59 Å². The fourth-order valence-corrected chi connectivity index (χ4v) is 3.78. The average Bonchev–Trinajstić information content (AvgIpc) is 3.14. The Labute approximate surface area is 169 Å². The van der Waals surface area contributed by atoms with E-state index in [0.29, 0.717) is 24.5 Å². The van der Waals surface area contributed by atoms with E-state index in [-0.39, 0.29) is 17.9 Å². The van der Waals surface area contributed by atoms with Gasteiger partial charge in [0.1, 0.15) is 5.82 Å². The lowest BCUT2D eigenvalue weighted by Crippen LogP contribution is -2.42. The largest absolute Gasteiger partial charge is 0.342 e. The highest BCUT2D eigenvalue weighted by molar-refractivity contribution is 5.93. The number of rotatable bonds is 3. The van der Waals surface area contributed by atoms with Gasteiger partial charge in [0, 0.05) is 37.3 Å². The number of imidazole rings is 1. The molecule has 29 heavy (non-hydrogen) atoms. The molecule has 1 aliphatic heterocycles. The van der Waals surface area contributed by atoms with Gasteiger partial charge in [-0.15, -0.1) is 0 Å². The highest BCUT2D eigenvalue weighted by atomic mass is 16.2. The first-order valence-corrected chi connectivity index (χ1v) is 9.88. The molecule has 1 unspecified atom stereocenters. The second-order valence-electron chi connectivity index (χ2n) is 7.57. The summed E-state index contributed by atoms with van der Waals surface area (Å²) in [6, 6.07) is 13.3. The van der Waals surface area contributed by atoms with Crippen LogP contribution in [-0.2, 0) is 4.79 Å². The van der Waals surface area contributed by atoms with Gasteiger partial charge in [0.2, 0.25) is 5.91 Å². The molecule has 0 spiro atoms. The Morgan fingerprint density at radius 3 is 2.79 bits per heavy atom. The molecule has 1 saturated heterocycles. The van der Waals surface area contributed by atoms with Crippen molar-refractivity contribution in [3.8, 4) is 0 Å². The lowest BCUT2D eigenvalue weighted by Gasteiger charge is -2.32. The number of hydrogen-bond acceptors (Lipinski definition) is 3. The van der Waals surface area contributed by atoms with Crippen molar-refractivity contribution in [2.24, 2.45) is 0 Å². The van der Waals surface area contributed by atoms with Gasteiger partial charge in [0.25, 0.3) is 0 Å². The van der Waals surface area contributed by atoms with E-state index in [1.165, 1.54) is 6.92 Å². The number of para-hydroxylation sites is 2. The van der Waals surface area contributed by atoms with Crippen LogP contribution in [0.25, 0.3) is 11.0 Å². The molecule has 2 heterocycles. The second-order valence-corrected chi connectivity index (χ2v) is 7.57. The minimum absolute atomic E-state index is 0.131. The van der Waals surface area contributed by atoms with Gasteiger partial charge in [-0.3, -0.25) is 4.79 Å². The zero-order chi connectivity index (χ0) is 20.4. The van der Waals surface area contributed by atoms with Crippen molar-refractivity contribution in [3.05, 3.63) is 53.9 Å². The van der Waals surface area contributed by atoms with Crippen molar-refractivity contribution < 1.29 is 9.59 Å². The normalized spacial score (nSPS) is 16.6. The Balaban J connectivity index is 1.47. The van der Waals surface area contributed by atoms with Crippen LogP contribution in [0.5, 0.6) is 0 Å². The SMILES string of the molecule is CC(=O)Nc1ccc(C)c(NC(=O)N2CCCC(c3nc4ccccc4[nH]3)C2)c1. The molecule has 150 valence electrons. The van der Waals surface area contributed by atoms with Gasteiger partial charge < -0.3 is 20.5 Å². The number of fused-ring (bicyclic) bond motifs is 1. The van der Waals surface area contributed by atoms with E-state index in [1.807, 2.05) is 48.2 Å². The van der Waals surface area contributed by atoms with Crippen LogP contribution < -0.4 is 10.6 Å². The van der Waals surface area contributed by atoms with E-state index in [4.69, 9.17) is 4.98 Å². The van der Waals surface area contributed by atoms with Gasteiger partial charge in [-0.2, -0.15) is 0 Å². The summed E-state index contributed by atoms with van der Waals surface area (Å²) in [4.78, 5) is 34.1. The van der Waals surface area contributed by atoms with Crippen LogP contribution >= 0.6 is 0 Å². The molecular weight excluding hydrogens is 366 g/mol. The molecule has 1 atom stereocenters. The summed E-state index contributed by atoms with van der Waals surface area (Å²) in [7, 11) is 0. The van der Waals surface area contributed by atoms with Gasteiger partial charge in [-0.25, -0.2) is 9.78 Å². The van der Waals surface area contributed by atoms with Crippen LogP contribution in [0.15, 0.2) is 42.5 Å². The predicted octanol–water partition coefficient (Wildman–Crippen LogP) is 4.24. The minimum Gasteiger partial charge on any atom is -0.342 e. The number of H-pyrrole nitrogens is 1. The molecule has 7 nitrogen and oxygen atoms in total. The smallest absolute Gasteiger partial charge is 0.321 e. The van der Waals surface area contributed by atoms with E-state index < -0.39 is 0 Å². The van der Waals surface area contributed by atoms with E-state index >= 15 is 0 Å². The fourth-order valence-electron chi connectivity index (χ4n) is 3.78. The third kappa shape index (κ3) is 4.23. The van der Waals surface area contributed by atoms with Crippen molar-refractivity contribution >= 4 is 34.3 Å². The van der Waals surface area contributed by atoms with Crippen LogP contribution in [0.1, 0.15) is 37.1 Å². The molecule has 1 aromatic heterocycles. The summed E-state index contributed by atoms with van der Waals surface area (Å²) in [6.07, 6.45) is 1.93. The number of aromatic amines is 1. The average molecular weight is 391 g/mol. The standard InChI is InChI=1S/C22H25N5O2/c1-14-9-10-17(23-15(2)28)12-20(14)26-22(29)27-11-5-6-16(13-27)21-24-18-7-3-4-8-19(18)25-21/h3-4,7-10,12,16H,5-6,11,13H2,1-2H3,(H,23,28)(H,24,25)(H,26,29). The molecule has 7 heteroatoms. The van der Waals surface area contributed by atoms with Crippen LogP contribution in [0, 0.1) is 6.92 Å². The van der Waals surface area contributed by atoms with Crippen LogP contribution in [0.4, 0.5) is 16.2 Å². The van der Waals surface area contributed by atoms with Gasteiger partial charge in [0.15, 0.2) is 0 Å². The molecule has 3 N–H and O–H groups in total. The van der Waals surface area contributed by atoms with E-state index in [1.54, 1.807) is 6.07 Å². The van der Waals surface area contributed by atoms with E-state index in [2.05, 4.69) is 15.6 Å². The summed E-state index contributed by atoms with van der Waals surface area (Å²) in [5, 5.41) is 5.75. The van der Waals surface area contributed by atoms with Crippen LogP contribution in [-0.4, -0.2) is 39.9 Å². The minimum atomic E-state index is -0.143. The number of aromatic nitrogens is 2. The first-order valence-electron chi connectivity index (χ1n) is 9.88. The molecule has 3 amide bonds. The number of anilines is 2. The quantitative estimate of drug-likeness (QED) is 0.624. The summed E-state index contributed by atoms with van der Waals surface area (Å²) in [5.41, 5.74) is 4.28. The van der Waals surface area contributed by atoms with Crippen molar-refractivity contribution in [2.45, 2.75) is 32.6 Å². The van der Waals surface area contributed by atoms with Gasteiger partial charge in [-0.1, -0.05) is 18.2 Å². The zero-order valence-corrected chi connectivity index (χ0v) is 16.7. The Morgan fingerprint density at radius 1 is 1.17 bits per heavy atom. The topological polar surface area (TPSA) is 90.1 Å².